The molecule has 6 heteroatoms. The van der Waals surface area contributed by atoms with Crippen LogP contribution in [-0.4, -0.2) is 14.8 Å². The molecule has 0 radical (unpaired) electrons. The van der Waals surface area contributed by atoms with Gasteiger partial charge in [0.25, 0.3) is 0 Å². The van der Waals surface area contributed by atoms with E-state index >= 15 is 0 Å². The molecule has 0 saturated carbocycles. The SMILES string of the molecule is Fc1cccc(Cl)c1Cn1c(-c2ccccc2)nnc1-c1cccc(Br)c1. The molecule has 0 amide bonds. The van der Waals surface area contributed by atoms with Gasteiger partial charge in [-0.2, -0.15) is 0 Å². The van der Waals surface area contributed by atoms with Gasteiger partial charge in [-0.1, -0.05) is 76.1 Å². The molecule has 0 saturated heterocycles. The highest BCUT2D eigenvalue weighted by Gasteiger charge is 2.18. The van der Waals surface area contributed by atoms with Gasteiger partial charge in [0.05, 0.1) is 6.54 Å². The van der Waals surface area contributed by atoms with Crippen molar-refractivity contribution in [3.8, 4) is 22.8 Å². The topological polar surface area (TPSA) is 30.7 Å². The smallest absolute Gasteiger partial charge is 0.164 e. The van der Waals surface area contributed by atoms with Crippen molar-refractivity contribution in [1.82, 2.24) is 14.8 Å². The lowest BCUT2D eigenvalue weighted by molar-refractivity contribution is 0.601. The summed E-state index contributed by atoms with van der Waals surface area (Å²) in [6, 6.07) is 22.2. The van der Waals surface area contributed by atoms with Crippen molar-refractivity contribution < 1.29 is 4.39 Å². The first kappa shape index (κ1) is 17.9. The van der Waals surface area contributed by atoms with Gasteiger partial charge in [0.1, 0.15) is 5.82 Å². The van der Waals surface area contributed by atoms with Gasteiger partial charge in [-0.05, 0) is 24.3 Å². The highest BCUT2D eigenvalue weighted by atomic mass is 79.9. The van der Waals surface area contributed by atoms with Gasteiger partial charge in [0.2, 0.25) is 0 Å². The van der Waals surface area contributed by atoms with Gasteiger partial charge in [0, 0.05) is 26.2 Å². The summed E-state index contributed by atoms with van der Waals surface area (Å²) < 4.78 is 17.2. The van der Waals surface area contributed by atoms with Crippen LogP contribution in [0.25, 0.3) is 22.8 Å². The molecule has 4 aromatic rings. The van der Waals surface area contributed by atoms with E-state index in [0.29, 0.717) is 22.2 Å². The lowest BCUT2D eigenvalue weighted by Crippen LogP contribution is -2.07. The minimum Gasteiger partial charge on any atom is -0.302 e. The summed E-state index contributed by atoms with van der Waals surface area (Å²) in [6.45, 7) is 0.227. The summed E-state index contributed by atoms with van der Waals surface area (Å²) >= 11 is 9.75. The third kappa shape index (κ3) is 3.66. The number of nitrogens with zero attached hydrogens (tertiary/aromatic N) is 3. The largest absolute Gasteiger partial charge is 0.302 e. The Labute approximate surface area is 169 Å². The lowest BCUT2D eigenvalue weighted by atomic mass is 10.1. The third-order valence-electron chi connectivity index (χ3n) is 4.24. The number of aromatic nitrogens is 3. The highest BCUT2D eigenvalue weighted by Crippen LogP contribution is 2.29. The first-order valence-corrected chi connectivity index (χ1v) is 9.48. The van der Waals surface area contributed by atoms with Crippen molar-refractivity contribution >= 4 is 27.5 Å². The average molecular weight is 443 g/mol. The molecule has 0 N–H and O–H groups in total. The van der Waals surface area contributed by atoms with Gasteiger partial charge >= 0.3 is 0 Å². The molecular formula is C21H14BrClFN3. The summed E-state index contributed by atoms with van der Waals surface area (Å²) in [5, 5.41) is 9.14. The molecule has 27 heavy (non-hydrogen) atoms. The normalized spacial score (nSPS) is 10.9. The minimum atomic E-state index is -0.351. The fourth-order valence-electron chi connectivity index (χ4n) is 2.94. The summed E-state index contributed by atoms with van der Waals surface area (Å²) in [7, 11) is 0. The molecule has 134 valence electrons. The standard InChI is InChI=1S/C21H14BrClFN3/c22-16-9-4-8-15(12-16)21-26-25-20(14-6-2-1-3-7-14)27(21)13-17-18(23)10-5-11-19(17)24/h1-12H,13H2. The van der Waals surface area contributed by atoms with Gasteiger partial charge in [-0.3, -0.25) is 0 Å². The number of halogens is 3. The zero-order valence-corrected chi connectivity index (χ0v) is 16.5. The van der Waals surface area contributed by atoms with E-state index in [2.05, 4.69) is 26.1 Å². The Balaban J connectivity index is 1.90. The maximum absolute atomic E-state index is 14.4. The fraction of sp³-hybridized carbons (Fsp3) is 0.0476. The van der Waals surface area contributed by atoms with Crippen LogP contribution in [0, 0.1) is 5.82 Å². The predicted molar refractivity (Wildman–Crippen MR) is 109 cm³/mol. The van der Waals surface area contributed by atoms with Crippen LogP contribution < -0.4 is 0 Å². The Kier molecular flexibility index (Phi) is 5.05. The molecule has 0 fully saturated rings. The van der Waals surface area contributed by atoms with E-state index in [1.165, 1.54) is 6.07 Å². The van der Waals surface area contributed by atoms with Crippen LogP contribution in [0.15, 0.2) is 77.3 Å². The van der Waals surface area contributed by atoms with E-state index in [9.17, 15) is 4.39 Å². The first-order valence-electron chi connectivity index (χ1n) is 8.31. The summed E-state index contributed by atoms with van der Waals surface area (Å²) in [5.41, 5.74) is 2.19. The van der Waals surface area contributed by atoms with Crippen molar-refractivity contribution in [2.75, 3.05) is 0 Å². The van der Waals surface area contributed by atoms with Crippen molar-refractivity contribution in [3.05, 3.63) is 93.7 Å². The Morgan fingerprint density at radius 3 is 2.22 bits per heavy atom. The molecule has 0 unspecified atom stereocenters. The van der Waals surface area contributed by atoms with Crippen LogP contribution in [0.3, 0.4) is 0 Å². The predicted octanol–water partition coefficient (Wildman–Crippen LogP) is 6.22. The zero-order valence-electron chi connectivity index (χ0n) is 14.1. The molecule has 0 aliphatic rings. The Hall–Kier alpha value is -2.50. The molecule has 0 aliphatic heterocycles. The molecule has 0 aliphatic carbocycles. The van der Waals surface area contributed by atoms with Crippen LogP contribution >= 0.6 is 27.5 Å². The second-order valence-electron chi connectivity index (χ2n) is 6.01. The molecule has 1 aromatic heterocycles. The molecule has 1 heterocycles. The second-order valence-corrected chi connectivity index (χ2v) is 7.33. The molecule has 3 nitrogen and oxygen atoms in total. The fourth-order valence-corrected chi connectivity index (χ4v) is 3.56. The number of hydrogen-bond donors (Lipinski definition) is 0. The quantitative estimate of drug-likeness (QED) is 0.376. The summed E-state index contributed by atoms with van der Waals surface area (Å²) in [4.78, 5) is 0. The van der Waals surface area contributed by atoms with Crippen molar-refractivity contribution in [3.63, 3.8) is 0 Å². The molecular weight excluding hydrogens is 429 g/mol. The van der Waals surface area contributed by atoms with Crippen molar-refractivity contribution in [2.45, 2.75) is 6.54 Å². The van der Waals surface area contributed by atoms with Gasteiger partial charge in [-0.15, -0.1) is 10.2 Å². The van der Waals surface area contributed by atoms with Gasteiger partial charge in [-0.25, -0.2) is 4.39 Å². The van der Waals surface area contributed by atoms with Crippen LogP contribution in [0.2, 0.25) is 5.02 Å². The summed E-state index contributed by atoms with van der Waals surface area (Å²) in [6.07, 6.45) is 0. The lowest BCUT2D eigenvalue weighted by Gasteiger charge is -2.13. The Bertz CT molecular complexity index is 1080. The van der Waals surface area contributed by atoms with E-state index in [0.717, 1.165) is 15.6 Å². The Morgan fingerprint density at radius 2 is 1.52 bits per heavy atom. The van der Waals surface area contributed by atoms with E-state index in [1.807, 2.05) is 59.2 Å². The van der Waals surface area contributed by atoms with Gasteiger partial charge < -0.3 is 4.57 Å². The molecule has 0 bridgehead atoms. The van der Waals surface area contributed by atoms with Crippen molar-refractivity contribution in [1.29, 1.82) is 0 Å². The van der Waals surface area contributed by atoms with Crippen LogP contribution in [0.4, 0.5) is 4.39 Å². The average Bonchev–Trinajstić information content (AvgIpc) is 3.09. The first-order chi connectivity index (χ1) is 13.1. The highest BCUT2D eigenvalue weighted by molar-refractivity contribution is 9.10. The van der Waals surface area contributed by atoms with Crippen LogP contribution in [-0.2, 0) is 6.54 Å². The number of rotatable bonds is 4. The third-order valence-corrected chi connectivity index (χ3v) is 5.09. The number of hydrogen-bond acceptors (Lipinski definition) is 2. The summed E-state index contributed by atoms with van der Waals surface area (Å²) in [5.74, 6) is 0.953. The van der Waals surface area contributed by atoms with Crippen LogP contribution in [0.5, 0.6) is 0 Å². The number of benzene rings is 3. The van der Waals surface area contributed by atoms with Gasteiger partial charge in [0.15, 0.2) is 11.6 Å². The van der Waals surface area contributed by atoms with Crippen molar-refractivity contribution in [2.24, 2.45) is 0 Å². The maximum Gasteiger partial charge on any atom is 0.164 e. The van der Waals surface area contributed by atoms with E-state index < -0.39 is 0 Å². The maximum atomic E-state index is 14.4. The zero-order chi connectivity index (χ0) is 18.8. The van der Waals surface area contributed by atoms with E-state index in [4.69, 9.17) is 11.6 Å². The van der Waals surface area contributed by atoms with E-state index in [-0.39, 0.29) is 12.4 Å². The Morgan fingerprint density at radius 1 is 0.852 bits per heavy atom. The molecule has 0 atom stereocenters. The monoisotopic (exact) mass is 441 g/mol. The molecule has 0 spiro atoms. The molecule has 3 aromatic carbocycles. The van der Waals surface area contributed by atoms with E-state index in [1.54, 1.807) is 12.1 Å². The van der Waals surface area contributed by atoms with Crippen LogP contribution in [0.1, 0.15) is 5.56 Å². The second kappa shape index (κ2) is 7.62. The minimum absolute atomic E-state index is 0.227. The molecule has 4 rings (SSSR count).